The Balaban J connectivity index is 1.73. The number of aryl methyl sites for hydroxylation is 2. The Morgan fingerprint density at radius 3 is 2.29 bits per heavy atom. The number of carbonyl (C=O) groups excluding carboxylic acids is 2. The van der Waals surface area contributed by atoms with E-state index in [0.717, 1.165) is 47.5 Å². The van der Waals surface area contributed by atoms with Crippen molar-refractivity contribution in [3.8, 4) is 0 Å². The fourth-order valence-electron chi connectivity index (χ4n) is 4.97. The Hall–Kier alpha value is -2.71. The van der Waals surface area contributed by atoms with E-state index in [9.17, 15) is 18.0 Å². The first-order valence-corrected chi connectivity index (χ1v) is 13.3. The summed E-state index contributed by atoms with van der Waals surface area (Å²) in [6.45, 7) is 5.00. The molecule has 182 valence electrons. The summed E-state index contributed by atoms with van der Waals surface area (Å²) in [6, 6.07) is 14.0. The van der Waals surface area contributed by atoms with Crippen molar-refractivity contribution in [3.05, 3.63) is 59.7 Å². The Kier molecular flexibility index (Phi) is 6.82. The van der Waals surface area contributed by atoms with Crippen molar-refractivity contribution in [1.29, 1.82) is 0 Å². The molecule has 0 unspecified atom stereocenters. The normalized spacial score (nSPS) is 22.6. The lowest BCUT2D eigenvalue weighted by Gasteiger charge is -2.47. The van der Waals surface area contributed by atoms with Crippen molar-refractivity contribution in [2.75, 3.05) is 18.0 Å². The number of piperazine rings is 1. The molecular weight excluding hydrogens is 450 g/mol. The number of hydrogen-bond donors (Lipinski definition) is 1. The molecule has 1 heterocycles. The quantitative estimate of drug-likeness (QED) is 0.705. The molecule has 1 N–H and O–H groups in total. The molecule has 1 saturated heterocycles. The predicted octanol–water partition coefficient (Wildman–Crippen LogP) is 3.55. The van der Waals surface area contributed by atoms with Gasteiger partial charge in [0.05, 0.1) is 11.4 Å². The van der Waals surface area contributed by atoms with Gasteiger partial charge in [0.15, 0.2) is 0 Å². The van der Waals surface area contributed by atoms with Crippen LogP contribution in [0.3, 0.4) is 0 Å². The van der Waals surface area contributed by atoms with E-state index in [4.69, 9.17) is 0 Å². The first-order chi connectivity index (χ1) is 16.1. The molecule has 0 bridgehead atoms. The van der Waals surface area contributed by atoms with Crippen LogP contribution in [0.1, 0.15) is 50.2 Å². The molecule has 7 nitrogen and oxygen atoms in total. The van der Waals surface area contributed by atoms with Gasteiger partial charge in [-0.3, -0.25) is 14.5 Å². The number of sulfonamides is 1. The van der Waals surface area contributed by atoms with Crippen molar-refractivity contribution in [2.24, 2.45) is 0 Å². The van der Waals surface area contributed by atoms with Crippen molar-refractivity contribution in [3.63, 3.8) is 0 Å². The number of nitrogens with zero attached hydrogens (tertiary/aromatic N) is 2. The summed E-state index contributed by atoms with van der Waals surface area (Å²) in [7, 11) is -3.96. The fraction of sp³-hybridized carbons (Fsp3) is 0.462. The smallest absolute Gasteiger partial charge is 0.247 e. The molecule has 0 spiro atoms. The molecule has 34 heavy (non-hydrogen) atoms. The fourth-order valence-corrected chi connectivity index (χ4v) is 6.45. The molecule has 0 radical (unpaired) electrons. The van der Waals surface area contributed by atoms with Gasteiger partial charge in [-0.25, -0.2) is 8.42 Å². The lowest BCUT2D eigenvalue weighted by Crippen LogP contribution is -2.71. The SMILES string of the molecule is Cc1ccc(S(=O)(=O)N2CC(=O)N(c3ccccc3C)[C@@](C)(C(=O)NC3CCCCC3)C2)cc1. The first kappa shape index (κ1) is 24.4. The number of benzene rings is 2. The monoisotopic (exact) mass is 483 g/mol. The Morgan fingerprint density at radius 1 is 1.00 bits per heavy atom. The number of para-hydroxylation sites is 1. The Bertz CT molecular complexity index is 1170. The molecule has 4 rings (SSSR count). The number of nitrogens with one attached hydrogen (secondary N) is 1. The van der Waals surface area contributed by atoms with Crippen LogP contribution in [0.15, 0.2) is 53.4 Å². The molecule has 1 aliphatic heterocycles. The van der Waals surface area contributed by atoms with Crippen LogP contribution < -0.4 is 10.2 Å². The molecule has 2 aromatic carbocycles. The third kappa shape index (κ3) is 4.61. The second kappa shape index (κ2) is 9.50. The van der Waals surface area contributed by atoms with Crippen LogP contribution in [0, 0.1) is 13.8 Å². The van der Waals surface area contributed by atoms with Gasteiger partial charge in [0, 0.05) is 18.3 Å². The maximum absolute atomic E-state index is 13.8. The van der Waals surface area contributed by atoms with Crippen molar-refractivity contribution in [1.82, 2.24) is 9.62 Å². The summed E-state index contributed by atoms with van der Waals surface area (Å²) in [5.41, 5.74) is 1.02. The number of amides is 2. The highest BCUT2D eigenvalue weighted by atomic mass is 32.2. The maximum atomic E-state index is 13.8. The first-order valence-electron chi connectivity index (χ1n) is 11.9. The molecule has 2 fully saturated rings. The summed E-state index contributed by atoms with van der Waals surface area (Å²) in [5.74, 6) is -0.739. The van der Waals surface area contributed by atoms with E-state index in [2.05, 4.69) is 5.32 Å². The lowest BCUT2D eigenvalue weighted by molar-refractivity contribution is -0.133. The minimum atomic E-state index is -3.96. The minimum Gasteiger partial charge on any atom is -0.351 e. The largest absolute Gasteiger partial charge is 0.351 e. The van der Waals surface area contributed by atoms with Crippen molar-refractivity contribution >= 4 is 27.5 Å². The Labute approximate surface area is 202 Å². The van der Waals surface area contributed by atoms with Gasteiger partial charge in [0.2, 0.25) is 21.8 Å². The van der Waals surface area contributed by atoms with Crippen LogP contribution in [-0.4, -0.2) is 49.2 Å². The molecule has 2 aliphatic rings. The standard InChI is InChI=1S/C26H33N3O4S/c1-19-13-15-22(16-14-19)34(32,33)28-17-24(30)29(23-12-8-7-9-20(23)2)26(3,18-28)25(31)27-21-10-5-4-6-11-21/h7-9,12-16,21H,4-6,10-11,17-18H2,1-3H3,(H,27,31)/t26-/m1/s1. The van der Waals surface area contributed by atoms with E-state index in [1.807, 2.05) is 38.1 Å². The summed E-state index contributed by atoms with van der Waals surface area (Å²) in [6.07, 6.45) is 5.04. The van der Waals surface area contributed by atoms with Gasteiger partial charge in [-0.1, -0.05) is 55.2 Å². The maximum Gasteiger partial charge on any atom is 0.247 e. The van der Waals surface area contributed by atoms with E-state index >= 15 is 0 Å². The van der Waals surface area contributed by atoms with Crippen LogP contribution in [-0.2, 0) is 19.6 Å². The van der Waals surface area contributed by atoms with E-state index in [1.54, 1.807) is 31.2 Å². The van der Waals surface area contributed by atoms with Crippen molar-refractivity contribution < 1.29 is 18.0 Å². The van der Waals surface area contributed by atoms with Crippen LogP contribution in [0.5, 0.6) is 0 Å². The van der Waals surface area contributed by atoms with Gasteiger partial charge in [-0.2, -0.15) is 4.31 Å². The highest BCUT2D eigenvalue weighted by molar-refractivity contribution is 7.89. The van der Waals surface area contributed by atoms with Gasteiger partial charge in [-0.05, 0) is 57.4 Å². The summed E-state index contributed by atoms with van der Waals surface area (Å²) < 4.78 is 28.1. The van der Waals surface area contributed by atoms with E-state index in [0.29, 0.717) is 5.69 Å². The Morgan fingerprint density at radius 2 is 1.65 bits per heavy atom. The van der Waals surface area contributed by atoms with Gasteiger partial charge >= 0.3 is 0 Å². The van der Waals surface area contributed by atoms with Gasteiger partial charge in [0.25, 0.3) is 0 Å². The summed E-state index contributed by atoms with van der Waals surface area (Å²) in [4.78, 5) is 28.9. The van der Waals surface area contributed by atoms with E-state index < -0.39 is 21.5 Å². The molecule has 0 aromatic heterocycles. The highest BCUT2D eigenvalue weighted by Gasteiger charge is 2.51. The highest BCUT2D eigenvalue weighted by Crippen LogP contribution is 2.34. The summed E-state index contributed by atoms with van der Waals surface area (Å²) >= 11 is 0. The van der Waals surface area contributed by atoms with Crippen LogP contribution in [0.2, 0.25) is 0 Å². The molecule has 8 heteroatoms. The second-order valence-electron chi connectivity index (χ2n) is 9.68. The molecule has 2 aromatic rings. The number of hydrogen-bond acceptors (Lipinski definition) is 4. The summed E-state index contributed by atoms with van der Waals surface area (Å²) in [5, 5.41) is 3.13. The average molecular weight is 484 g/mol. The van der Waals surface area contributed by atoms with Gasteiger partial charge in [-0.15, -0.1) is 0 Å². The van der Waals surface area contributed by atoms with E-state index in [-0.39, 0.29) is 29.9 Å². The number of anilines is 1. The second-order valence-corrected chi connectivity index (χ2v) is 11.6. The zero-order chi connectivity index (χ0) is 24.5. The topological polar surface area (TPSA) is 86.8 Å². The third-order valence-electron chi connectivity index (χ3n) is 6.98. The zero-order valence-electron chi connectivity index (χ0n) is 20.1. The molecular formula is C26H33N3O4S. The molecule has 2 amide bonds. The predicted molar refractivity (Wildman–Crippen MR) is 132 cm³/mol. The van der Waals surface area contributed by atoms with Crippen LogP contribution >= 0.6 is 0 Å². The lowest BCUT2D eigenvalue weighted by atomic mass is 9.91. The van der Waals surface area contributed by atoms with Crippen LogP contribution in [0.4, 0.5) is 5.69 Å². The third-order valence-corrected chi connectivity index (χ3v) is 8.79. The van der Waals surface area contributed by atoms with Crippen molar-refractivity contribution in [2.45, 2.75) is 69.4 Å². The molecule has 1 atom stereocenters. The van der Waals surface area contributed by atoms with Gasteiger partial charge < -0.3 is 5.32 Å². The van der Waals surface area contributed by atoms with Crippen LogP contribution in [0.25, 0.3) is 0 Å². The molecule has 1 saturated carbocycles. The van der Waals surface area contributed by atoms with Gasteiger partial charge in [0.1, 0.15) is 5.54 Å². The average Bonchev–Trinajstić information content (AvgIpc) is 2.80. The number of rotatable bonds is 5. The minimum absolute atomic E-state index is 0.0379. The van der Waals surface area contributed by atoms with E-state index in [1.165, 1.54) is 4.90 Å². The zero-order valence-corrected chi connectivity index (χ0v) is 20.9. The number of carbonyl (C=O) groups is 2. The molecule has 1 aliphatic carbocycles.